The summed E-state index contributed by atoms with van der Waals surface area (Å²) in [6.07, 6.45) is 3.02. The number of allylic oxidation sites excluding steroid dienone is 2. The fraction of sp³-hybridized carbons (Fsp3) is 0.545. The van der Waals surface area contributed by atoms with Crippen molar-refractivity contribution in [3.05, 3.63) is 46.0 Å². The molecule has 3 rings (SSSR count). The lowest BCUT2D eigenvalue weighted by molar-refractivity contribution is 0.0932. The van der Waals surface area contributed by atoms with Crippen LogP contribution in [-0.2, 0) is 10.0 Å². The molecule has 6 nitrogen and oxygen atoms in total. The Morgan fingerprint density at radius 2 is 1.48 bits per heavy atom. The van der Waals surface area contributed by atoms with E-state index in [0.29, 0.717) is 50.5 Å². The fourth-order valence-electron chi connectivity index (χ4n) is 4.08. The van der Waals surface area contributed by atoms with Crippen molar-refractivity contribution < 1.29 is 18.0 Å². The molecule has 7 heteroatoms. The largest absolute Gasteiger partial charge is 0.367 e. The first-order chi connectivity index (χ1) is 13.8. The number of likely N-dealkylation sites (tertiary alicyclic amines) is 1. The highest BCUT2D eigenvalue weighted by Gasteiger charge is 2.43. The van der Waals surface area contributed by atoms with Crippen LogP contribution in [0, 0.1) is 5.92 Å². The first-order valence-corrected chi connectivity index (χ1v) is 11.9. The molecule has 1 fully saturated rings. The quantitative estimate of drug-likeness (QED) is 0.678. The lowest BCUT2D eigenvalue weighted by Crippen LogP contribution is -2.43. The van der Waals surface area contributed by atoms with Crippen LogP contribution in [0.1, 0.15) is 67.2 Å². The summed E-state index contributed by atoms with van der Waals surface area (Å²) in [7, 11) is -4.08. The van der Waals surface area contributed by atoms with E-state index in [1.54, 1.807) is 24.3 Å². The first-order valence-electron chi connectivity index (χ1n) is 10.5. The number of benzene rings is 1. The average Bonchev–Trinajstić information content (AvgIpc) is 2.71. The number of piperidine rings is 1. The van der Waals surface area contributed by atoms with Crippen molar-refractivity contribution in [1.29, 1.82) is 0 Å². The summed E-state index contributed by atoms with van der Waals surface area (Å²) in [4.78, 5) is 28.3. The summed E-state index contributed by atoms with van der Waals surface area (Å²) in [5, 5.41) is 0. The Morgan fingerprint density at radius 3 is 2.00 bits per heavy atom. The second-order valence-corrected chi connectivity index (χ2v) is 9.83. The molecule has 1 aromatic carbocycles. The summed E-state index contributed by atoms with van der Waals surface area (Å²) in [6.45, 7) is 7.78. The van der Waals surface area contributed by atoms with Gasteiger partial charge >= 0.3 is 0 Å². The molecule has 2 aliphatic rings. The molecular weight excluding hydrogens is 388 g/mol. The number of sulfonamides is 1. The molecule has 1 heterocycles. The maximum atomic E-state index is 13.6. The molecule has 0 amide bonds. The number of carbonyl (C=O) groups is 2. The highest BCUT2D eigenvalue weighted by Crippen LogP contribution is 2.34. The van der Waals surface area contributed by atoms with Gasteiger partial charge in [0.25, 0.3) is 0 Å². The second kappa shape index (κ2) is 8.79. The van der Waals surface area contributed by atoms with Gasteiger partial charge in [0.2, 0.25) is 21.6 Å². The van der Waals surface area contributed by atoms with Crippen LogP contribution in [-0.4, -0.2) is 55.4 Å². The van der Waals surface area contributed by atoms with Crippen LogP contribution in [0.25, 0.3) is 0 Å². The number of rotatable bonds is 7. The minimum atomic E-state index is -4.08. The minimum absolute atomic E-state index is 0.0674. The van der Waals surface area contributed by atoms with Gasteiger partial charge in [0.15, 0.2) is 4.91 Å². The van der Waals surface area contributed by atoms with Crippen LogP contribution < -0.4 is 0 Å². The number of hydrogen-bond acceptors (Lipinski definition) is 5. The molecule has 0 radical (unpaired) electrons. The molecule has 0 saturated carbocycles. The maximum Gasteiger partial charge on any atom is 0.249 e. The van der Waals surface area contributed by atoms with Crippen molar-refractivity contribution in [2.45, 2.75) is 46.5 Å². The van der Waals surface area contributed by atoms with E-state index >= 15 is 0 Å². The van der Waals surface area contributed by atoms with E-state index < -0.39 is 15.8 Å². The Morgan fingerprint density at radius 1 is 0.966 bits per heavy atom. The SMILES string of the molecule is CCCN(CCC)S(=O)(=O)C1=C(N2CCC(C)CC2)C(=O)c2ccccc2C1=O. The van der Waals surface area contributed by atoms with Gasteiger partial charge in [-0.05, 0) is 31.6 Å². The maximum absolute atomic E-state index is 13.6. The minimum Gasteiger partial charge on any atom is -0.367 e. The molecule has 1 aliphatic carbocycles. The first kappa shape index (κ1) is 21.7. The Bertz CT molecular complexity index is 922. The number of ketones is 2. The zero-order chi connectivity index (χ0) is 21.2. The fourth-order valence-corrected chi connectivity index (χ4v) is 5.99. The second-order valence-electron chi connectivity index (χ2n) is 7.96. The lowest BCUT2D eigenvalue weighted by atomic mass is 9.90. The van der Waals surface area contributed by atoms with E-state index in [0.717, 1.165) is 12.8 Å². The third kappa shape index (κ3) is 4.03. The average molecular weight is 419 g/mol. The molecule has 0 bridgehead atoms. The molecule has 0 atom stereocenters. The molecule has 0 spiro atoms. The molecule has 1 saturated heterocycles. The monoisotopic (exact) mass is 418 g/mol. The Kier molecular flexibility index (Phi) is 6.58. The number of nitrogens with zero attached hydrogens (tertiary/aromatic N) is 2. The molecule has 0 unspecified atom stereocenters. The molecule has 29 heavy (non-hydrogen) atoms. The summed E-state index contributed by atoms with van der Waals surface area (Å²) >= 11 is 0. The van der Waals surface area contributed by atoms with E-state index in [1.165, 1.54) is 4.31 Å². The number of carbonyl (C=O) groups excluding carboxylic acids is 2. The summed E-state index contributed by atoms with van der Waals surface area (Å²) in [6, 6.07) is 6.53. The van der Waals surface area contributed by atoms with Gasteiger partial charge in [-0.3, -0.25) is 9.59 Å². The van der Waals surface area contributed by atoms with Gasteiger partial charge < -0.3 is 4.90 Å². The van der Waals surface area contributed by atoms with E-state index in [9.17, 15) is 18.0 Å². The Hall–Kier alpha value is -1.99. The normalized spacial score (nSPS) is 18.6. The van der Waals surface area contributed by atoms with Crippen LogP contribution >= 0.6 is 0 Å². The van der Waals surface area contributed by atoms with Crippen molar-refractivity contribution in [2.75, 3.05) is 26.2 Å². The Balaban J connectivity index is 2.19. The lowest BCUT2D eigenvalue weighted by Gasteiger charge is -2.36. The van der Waals surface area contributed by atoms with Gasteiger partial charge in [-0.15, -0.1) is 0 Å². The van der Waals surface area contributed by atoms with Gasteiger partial charge in [-0.1, -0.05) is 45.0 Å². The highest BCUT2D eigenvalue weighted by atomic mass is 32.2. The predicted molar refractivity (Wildman–Crippen MR) is 113 cm³/mol. The van der Waals surface area contributed by atoms with E-state index in [-0.39, 0.29) is 21.9 Å². The van der Waals surface area contributed by atoms with Crippen LogP contribution in [0.15, 0.2) is 34.9 Å². The summed E-state index contributed by atoms with van der Waals surface area (Å²) in [5.41, 5.74) is 0.540. The van der Waals surface area contributed by atoms with E-state index in [1.807, 2.05) is 18.7 Å². The Labute approximate surface area is 173 Å². The molecule has 158 valence electrons. The van der Waals surface area contributed by atoms with Crippen LogP contribution in [0.2, 0.25) is 0 Å². The predicted octanol–water partition coefficient (Wildman–Crippen LogP) is 3.46. The van der Waals surface area contributed by atoms with Gasteiger partial charge in [0.1, 0.15) is 5.70 Å². The summed E-state index contributed by atoms with van der Waals surface area (Å²) in [5.74, 6) is -0.405. The van der Waals surface area contributed by atoms with Gasteiger partial charge in [0.05, 0.1) is 0 Å². The summed E-state index contributed by atoms with van der Waals surface area (Å²) < 4.78 is 28.6. The molecule has 0 N–H and O–H groups in total. The molecular formula is C22H30N2O4S. The van der Waals surface area contributed by atoms with E-state index in [4.69, 9.17) is 0 Å². The van der Waals surface area contributed by atoms with Crippen molar-refractivity contribution in [3.8, 4) is 0 Å². The van der Waals surface area contributed by atoms with Crippen molar-refractivity contribution in [3.63, 3.8) is 0 Å². The topological polar surface area (TPSA) is 74.8 Å². The third-order valence-electron chi connectivity index (χ3n) is 5.70. The standard InChI is InChI=1S/C22H30N2O4S/c1-4-12-24(13-5-2)29(27,28)22-19(23-14-10-16(3)11-15-23)20(25)17-8-6-7-9-18(17)21(22)26/h6-9,16H,4-5,10-15H2,1-3H3. The van der Waals surface area contributed by atoms with Crippen molar-refractivity contribution in [2.24, 2.45) is 5.92 Å². The number of hydrogen-bond donors (Lipinski definition) is 0. The zero-order valence-electron chi connectivity index (χ0n) is 17.5. The van der Waals surface area contributed by atoms with Crippen LogP contribution in [0.3, 0.4) is 0 Å². The third-order valence-corrected chi connectivity index (χ3v) is 7.64. The molecule has 0 aromatic heterocycles. The smallest absolute Gasteiger partial charge is 0.249 e. The van der Waals surface area contributed by atoms with E-state index in [2.05, 4.69) is 6.92 Å². The number of fused-ring (bicyclic) bond motifs is 1. The van der Waals surface area contributed by atoms with Gasteiger partial charge in [-0.2, -0.15) is 4.31 Å². The van der Waals surface area contributed by atoms with Crippen molar-refractivity contribution in [1.82, 2.24) is 9.21 Å². The van der Waals surface area contributed by atoms with Crippen LogP contribution in [0.4, 0.5) is 0 Å². The van der Waals surface area contributed by atoms with Gasteiger partial charge in [-0.25, -0.2) is 8.42 Å². The highest BCUT2D eigenvalue weighted by molar-refractivity contribution is 7.94. The van der Waals surface area contributed by atoms with Gasteiger partial charge in [0, 0.05) is 37.3 Å². The van der Waals surface area contributed by atoms with Crippen LogP contribution in [0.5, 0.6) is 0 Å². The van der Waals surface area contributed by atoms with Crippen molar-refractivity contribution >= 4 is 21.6 Å². The molecule has 1 aromatic rings. The number of Topliss-reactive ketones (excluding diaryl/α,β-unsaturated/α-hetero) is 2. The molecule has 1 aliphatic heterocycles. The zero-order valence-corrected chi connectivity index (χ0v) is 18.3.